The van der Waals surface area contributed by atoms with E-state index in [4.69, 9.17) is 9.47 Å². The molecular formula is C34H36N2O4. The number of carbonyl (C=O) groups excluding carboxylic acids is 1. The summed E-state index contributed by atoms with van der Waals surface area (Å²) in [6.45, 7) is 3.85. The predicted molar refractivity (Wildman–Crippen MR) is 156 cm³/mol. The Labute approximate surface area is 236 Å². The molecule has 5 rings (SSSR count). The van der Waals surface area contributed by atoms with Crippen LogP contribution in [0.2, 0.25) is 0 Å². The Morgan fingerprint density at radius 2 is 1.35 bits per heavy atom. The van der Waals surface area contributed by atoms with Crippen LogP contribution in [-0.4, -0.2) is 28.6 Å². The van der Waals surface area contributed by atoms with Gasteiger partial charge in [-0.25, -0.2) is 0 Å². The third-order valence-electron chi connectivity index (χ3n) is 7.08. The lowest BCUT2D eigenvalue weighted by molar-refractivity contribution is -0.253. The van der Waals surface area contributed by atoms with Crippen LogP contribution in [-0.2, 0) is 34.0 Å². The highest BCUT2D eigenvalue weighted by Gasteiger charge is 2.33. The summed E-state index contributed by atoms with van der Waals surface area (Å²) >= 11 is 0. The molecule has 206 valence electrons. The molecule has 40 heavy (non-hydrogen) atoms. The zero-order chi connectivity index (χ0) is 27.7. The van der Waals surface area contributed by atoms with E-state index in [1.165, 1.54) is 18.1 Å². The molecule has 3 atom stereocenters. The molecule has 4 aromatic rings. The smallest absolute Gasteiger partial charge is 0.221 e. The monoisotopic (exact) mass is 536 g/mol. The minimum absolute atomic E-state index is 0.00867. The highest BCUT2D eigenvalue weighted by molar-refractivity contribution is 5.88. The summed E-state index contributed by atoms with van der Waals surface area (Å²) in [5.41, 5.74) is 6.07. The molecule has 1 fully saturated rings. The maximum absolute atomic E-state index is 11.5. The van der Waals surface area contributed by atoms with Crippen molar-refractivity contribution in [3.8, 4) is 0 Å². The number of nitrogens with one attached hydrogen (secondary N) is 1. The molecule has 0 radical (unpaired) electrons. The van der Waals surface area contributed by atoms with E-state index in [0.29, 0.717) is 6.42 Å². The summed E-state index contributed by atoms with van der Waals surface area (Å²) in [5.74, 6) is -0.110. The number of amides is 1. The molecule has 2 N–H and O–H groups in total. The van der Waals surface area contributed by atoms with Crippen LogP contribution in [0.1, 0.15) is 53.6 Å². The highest BCUT2D eigenvalue weighted by Crippen LogP contribution is 2.38. The number of nitrogens with zero attached hydrogens (tertiary/aromatic N) is 1. The van der Waals surface area contributed by atoms with E-state index in [2.05, 4.69) is 58.7 Å². The van der Waals surface area contributed by atoms with Gasteiger partial charge in [0.05, 0.1) is 18.8 Å². The molecule has 0 aromatic heterocycles. The Bertz CT molecular complexity index is 1300. The largest absolute Gasteiger partial charge is 0.392 e. The Morgan fingerprint density at radius 3 is 1.90 bits per heavy atom. The number of hydrogen-bond donors (Lipinski definition) is 2. The first kappa shape index (κ1) is 27.7. The molecule has 0 unspecified atom stereocenters. The van der Waals surface area contributed by atoms with E-state index in [1.54, 1.807) is 0 Å². The lowest BCUT2D eigenvalue weighted by Crippen LogP contribution is -2.39. The number of anilines is 1. The van der Waals surface area contributed by atoms with Crippen molar-refractivity contribution in [3.63, 3.8) is 0 Å². The summed E-state index contributed by atoms with van der Waals surface area (Å²) in [6.07, 6.45) is -0.0903. The van der Waals surface area contributed by atoms with Crippen LogP contribution in [0, 0.1) is 0 Å². The van der Waals surface area contributed by atoms with Gasteiger partial charge in [0.15, 0.2) is 6.29 Å². The fourth-order valence-electron chi connectivity index (χ4n) is 5.12. The van der Waals surface area contributed by atoms with E-state index >= 15 is 0 Å². The summed E-state index contributed by atoms with van der Waals surface area (Å²) in [6, 6.07) is 36.6. The summed E-state index contributed by atoms with van der Waals surface area (Å²) in [7, 11) is 0. The topological polar surface area (TPSA) is 71.0 Å². The third-order valence-corrected chi connectivity index (χ3v) is 7.08. The number of carbonyl (C=O) groups is 1. The van der Waals surface area contributed by atoms with Gasteiger partial charge in [-0.3, -0.25) is 9.69 Å². The van der Waals surface area contributed by atoms with Gasteiger partial charge < -0.3 is 19.9 Å². The summed E-state index contributed by atoms with van der Waals surface area (Å²) < 4.78 is 13.1. The predicted octanol–water partition coefficient (Wildman–Crippen LogP) is 6.39. The third kappa shape index (κ3) is 7.64. The average Bonchev–Trinajstić information content (AvgIpc) is 2.98. The second-order valence-corrected chi connectivity index (χ2v) is 10.3. The van der Waals surface area contributed by atoms with Gasteiger partial charge >= 0.3 is 0 Å². The molecule has 1 aliphatic heterocycles. The molecule has 1 heterocycles. The zero-order valence-corrected chi connectivity index (χ0v) is 22.8. The van der Waals surface area contributed by atoms with Crippen LogP contribution in [0.3, 0.4) is 0 Å². The van der Waals surface area contributed by atoms with Crippen molar-refractivity contribution in [1.29, 1.82) is 0 Å². The van der Waals surface area contributed by atoms with Crippen molar-refractivity contribution in [1.82, 2.24) is 4.90 Å². The molecule has 0 saturated carbocycles. The molecule has 1 saturated heterocycles. The van der Waals surface area contributed by atoms with Gasteiger partial charge in [-0.1, -0.05) is 97.1 Å². The van der Waals surface area contributed by atoms with Gasteiger partial charge in [0.25, 0.3) is 0 Å². The molecule has 0 spiro atoms. The maximum Gasteiger partial charge on any atom is 0.221 e. The van der Waals surface area contributed by atoms with Gasteiger partial charge in [-0.2, -0.15) is 0 Å². The van der Waals surface area contributed by atoms with Gasteiger partial charge in [-0.15, -0.1) is 0 Å². The van der Waals surface area contributed by atoms with Crippen LogP contribution in [0.5, 0.6) is 0 Å². The van der Waals surface area contributed by atoms with Crippen LogP contribution in [0.15, 0.2) is 109 Å². The summed E-state index contributed by atoms with van der Waals surface area (Å²) in [4.78, 5) is 13.9. The molecule has 6 heteroatoms. The van der Waals surface area contributed by atoms with E-state index in [1.807, 2.05) is 60.7 Å². The first-order valence-corrected chi connectivity index (χ1v) is 13.7. The Morgan fingerprint density at radius 1 is 0.775 bits per heavy atom. The first-order valence-electron chi connectivity index (χ1n) is 13.7. The highest BCUT2D eigenvalue weighted by atomic mass is 16.7. The molecule has 6 nitrogen and oxygen atoms in total. The molecule has 1 aliphatic rings. The van der Waals surface area contributed by atoms with Gasteiger partial charge in [0.2, 0.25) is 5.91 Å². The lowest BCUT2D eigenvalue weighted by Gasteiger charge is -2.38. The fraction of sp³-hybridized carbons (Fsp3) is 0.265. The van der Waals surface area contributed by atoms with Crippen LogP contribution < -0.4 is 5.32 Å². The van der Waals surface area contributed by atoms with Gasteiger partial charge in [0.1, 0.15) is 0 Å². The Hall–Kier alpha value is -3.81. The quantitative estimate of drug-likeness (QED) is 0.246. The van der Waals surface area contributed by atoms with E-state index in [0.717, 1.165) is 42.0 Å². The van der Waals surface area contributed by atoms with Crippen molar-refractivity contribution in [2.45, 2.75) is 51.5 Å². The number of aliphatic hydroxyl groups is 1. The second-order valence-electron chi connectivity index (χ2n) is 10.3. The van der Waals surface area contributed by atoms with Crippen molar-refractivity contribution in [3.05, 3.63) is 137 Å². The molecule has 4 aromatic carbocycles. The number of ether oxygens (including phenoxy) is 2. The Balaban J connectivity index is 1.39. The summed E-state index contributed by atoms with van der Waals surface area (Å²) in [5, 5.41) is 12.3. The van der Waals surface area contributed by atoms with E-state index in [-0.39, 0.29) is 24.7 Å². The van der Waals surface area contributed by atoms with Gasteiger partial charge in [-0.05, 0) is 34.4 Å². The fourth-order valence-corrected chi connectivity index (χ4v) is 5.12. The normalized spacial score (nSPS) is 18.9. The first-order chi connectivity index (χ1) is 19.6. The Kier molecular flexibility index (Phi) is 9.37. The van der Waals surface area contributed by atoms with Crippen molar-refractivity contribution < 1.29 is 19.4 Å². The van der Waals surface area contributed by atoms with Crippen LogP contribution in [0.25, 0.3) is 0 Å². The van der Waals surface area contributed by atoms with E-state index in [9.17, 15) is 9.90 Å². The number of benzene rings is 4. The van der Waals surface area contributed by atoms with E-state index < -0.39 is 6.29 Å². The standard InChI is InChI=1S/C34H36N2O4/c1-25(38)35-31-18-16-30(17-19-31)34-39-32(20-33(40-34)29-14-12-28(24-37)13-15-29)23-36(21-26-8-4-2-5-9-26)22-27-10-6-3-7-11-27/h2-19,32-34,37H,20-24H2,1H3,(H,35,38)/t32-,33+,34+/m1/s1. The minimum Gasteiger partial charge on any atom is -0.392 e. The lowest BCUT2D eigenvalue weighted by atomic mass is 9.99. The average molecular weight is 537 g/mol. The number of rotatable bonds is 10. The van der Waals surface area contributed by atoms with Crippen LogP contribution >= 0.6 is 0 Å². The molecule has 0 bridgehead atoms. The van der Waals surface area contributed by atoms with Crippen LogP contribution in [0.4, 0.5) is 5.69 Å². The maximum atomic E-state index is 11.5. The zero-order valence-electron chi connectivity index (χ0n) is 22.8. The van der Waals surface area contributed by atoms with Crippen molar-refractivity contribution in [2.24, 2.45) is 0 Å². The molecule has 0 aliphatic carbocycles. The molecule has 1 amide bonds. The van der Waals surface area contributed by atoms with Gasteiger partial charge in [0, 0.05) is 44.2 Å². The number of hydrogen-bond acceptors (Lipinski definition) is 5. The SMILES string of the molecule is CC(=O)Nc1ccc([C@H]2O[C@@H](CN(Cc3ccccc3)Cc3ccccc3)C[C@@H](c3ccc(CO)cc3)O2)cc1. The minimum atomic E-state index is -0.553. The number of aliphatic hydroxyl groups excluding tert-OH is 1. The van der Waals surface area contributed by atoms with Crippen molar-refractivity contribution in [2.75, 3.05) is 11.9 Å². The second kappa shape index (κ2) is 13.5. The van der Waals surface area contributed by atoms with Crippen molar-refractivity contribution >= 4 is 11.6 Å². The molecular weight excluding hydrogens is 500 g/mol.